The van der Waals surface area contributed by atoms with Gasteiger partial charge < -0.3 is 4.74 Å². The predicted octanol–water partition coefficient (Wildman–Crippen LogP) is 5.30. The first-order valence-corrected chi connectivity index (χ1v) is 5.77. The molecule has 0 aliphatic rings. The van der Waals surface area contributed by atoms with Crippen LogP contribution >= 0.6 is 0 Å². The Bertz CT molecular complexity index is 399. The van der Waals surface area contributed by atoms with Crippen LogP contribution in [0, 0.1) is 0 Å². The molecule has 0 heterocycles. The average molecular weight is 232 g/mol. The fourth-order valence-corrected chi connectivity index (χ4v) is 1.08. The number of allylic oxidation sites excluding steroid dienone is 7. The Morgan fingerprint density at radius 2 is 1.41 bits per heavy atom. The smallest absolute Gasteiger partial charge is 0.120 e. The average Bonchev–Trinajstić information content (AvgIpc) is 2.16. The summed E-state index contributed by atoms with van der Waals surface area (Å²) in [4.78, 5) is 0. The molecule has 94 valence electrons. The maximum Gasteiger partial charge on any atom is 0.120 e. The summed E-state index contributed by atoms with van der Waals surface area (Å²) >= 11 is 0. The minimum Gasteiger partial charge on any atom is -0.463 e. The van der Waals surface area contributed by atoms with E-state index in [9.17, 15) is 0 Å². The van der Waals surface area contributed by atoms with Gasteiger partial charge in [0.25, 0.3) is 0 Å². The van der Waals surface area contributed by atoms with E-state index in [1.54, 1.807) is 0 Å². The van der Waals surface area contributed by atoms with Crippen molar-refractivity contribution < 1.29 is 4.74 Å². The lowest BCUT2D eigenvalue weighted by Gasteiger charge is -2.08. The zero-order valence-corrected chi connectivity index (χ0v) is 12.0. The monoisotopic (exact) mass is 232 g/mol. The van der Waals surface area contributed by atoms with Gasteiger partial charge in [0.1, 0.15) is 11.5 Å². The van der Waals surface area contributed by atoms with Crippen molar-refractivity contribution in [3.8, 4) is 0 Å². The molecule has 0 aromatic carbocycles. The molecule has 0 spiro atoms. The molecule has 0 aliphatic carbocycles. The zero-order valence-electron chi connectivity index (χ0n) is 12.0. The van der Waals surface area contributed by atoms with Gasteiger partial charge in [0.2, 0.25) is 0 Å². The van der Waals surface area contributed by atoms with Crippen molar-refractivity contribution >= 4 is 0 Å². The first kappa shape index (κ1) is 15.5. The van der Waals surface area contributed by atoms with Crippen LogP contribution < -0.4 is 0 Å². The minimum atomic E-state index is 0.640. The summed E-state index contributed by atoms with van der Waals surface area (Å²) in [6.07, 6.45) is 3.92. The standard InChI is InChI=1S/C16H24O/c1-11(2)13(5)9-15(7)17-16(8)10-14(6)12(3)4/h9-10H,1,7H2,2-6,8H3/b13-9-,16-10+. The van der Waals surface area contributed by atoms with E-state index in [1.165, 1.54) is 11.1 Å². The summed E-state index contributed by atoms with van der Waals surface area (Å²) in [6.45, 7) is 19.9. The molecule has 0 bridgehead atoms. The van der Waals surface area contributed by atoms with Crippen molar-refractivity contribution in [2.24, 2.45) is 0 Å². The van der Waals surface area contributed by atoms with Crippen LogP contribution in [0.1, 0.15) is 41.5 Å². The molecule has 0 atom stereocenters. The molecule has 0 aliphatic heterocycles. The lowest BCUT2D eigenvalue weighted by Crippen LogP contribution is -1.89. The molecule has 0 N–H and O–H groups in total. The third-order valence-corrected chi connectivity index (χ3v) is 2.55. The van der Waals surface area contributed by atoms with E-state index in [1.807, 2.05) is 32.9 Å². The third kappa shape index (κ3) is 6.62. The topological polar surface area (TPSA) is 9.23 Å². The molecule has 0 unspecified atom stereocenters. The van der Waals surface area contributed by atoms with Gasteiger partial charge in [-0.15, -0.1) is 0 Å². The summed E-state index contributed by atoms with van der Waals surface area (Å²) in [5.41, 5.74) is 4.61. The Morgan fingerprint density at radius 3 is 1.82 bits per heavy atom. The Morgan fingerprint density at radius 1 is 0.882 bits per heavy atom. The van der Waals surface area contributed by atoms with Crippen molar-refractivity contribution in [3.63, 3.8) is 0 Å². The molecule has 0 aromatic rings. The van der Waals surface area contributed by atoms with Crippen LogP contribution in [-0.2, 0) is 4.74 Å². The maximum atomic E-state index is 5.61. The molecule has 17 heavy (non-hydrogen) atoms. The van der Waals surface area contributed by atoms with Crippen molar-refractivity contribution in [2.45, 2.75) is 41.5 Å². The molecule has 0 saturated heterocycles. The Balaban J connectivity index is 4.68. The van der Waals surface area contributed by atoms with Crippen LogP contribution in [0.2, 0.25) is 0 Å². The van der Waals surface area contributed by atoms with E-state index in [2.05, 4.69) is 33.9 Å². The molecule has 0 aromatic heterocycles. The number of hydrogen-bond acceptors (Lipinski definition) is 1. The van der Waals surface area contributed by atoms with Crippen molar-refractivity contribution in [2.75, 3.05) is 0 Å². The number of hydrogen-bond donors (Lipinski definition) is 0. The largest absolute Gasteiger partial charge is 0.463 e. The van der Waals surface area contributed by atoms with Crippen LogP contribution in [-0.4, -0.2) is 0 Å². The summed E-state index contributed by atoms with van der Waals surface area (Å²) in [5, 5.41) is 0. The van der Waals surface area contributed by atoms with Gasteiger partial charge in [-0.2, -0.15) is 0 Å². The number of ether oxygens (including phenoxy) is 1. The molecule has 0 saturated carbocycles. The molecule has 1 nitrogen and oxygen atoms in total. The van der Waals surface area contributed by atoms with Crippen LogP contribution in [0.5, 0.6) is 0 Å². The highest BCUT2D eigenvalue weighted by atomic mass is 16.5. The third-order valence-electron chi connectivity index (χ3n) is 2.55. The van der Waals surface area contributed by atoms with Gasteiger partial charge in [-0.1, -0.05) is 24.3 Å². The van der Waals surface area contributed by atoms with Crippen LogP contribution in [0.4, 0.5) is 0 Å². The fourth-order valence-electron chi connectivity index (χ4n) is 1.08. The van der Waals surface area contributed by atoms with Gasteiger partial charge in [0, 0.05) is 0 Å². The number of rotatable bonds is 5. The Hall–Kier alpha value is -1.50. The molecule has 0 fully saturated rings. The van der Waals surface area contributed by atoms with Gasteiger partial charge in [0.15, 0.2) is 0 Å². The summed E-state index contributed by atoms with van der Waals surface area (Å²) in [6, 6.07) is 0. The lowest BCUT2D eigenvalue weighted by molar-refractivity contribution is 0.323. The van der Waals surface area contributed by atoms with E-state index >= 15 is 0 Å². The molecular weight excluding hydrogens is 208 g/mol. The van der Waals surface area contributed by atoms with Gasteiger partial charge in [0.05, 0.1) is 0 Å². The normalized spacial score (nSPS) is 12.1. The van der Waals surface area contributed by atoms with Gasteiger partial charge in [-0.3, -0.25) is 0 Å². The fraction of sp³-hybridized carbons (Fsp3) is 0.375. The Kier molecular flexibility index (Phi) is 6.34. The highest BCUT2D eigenvalue weighted by molar-refractivity contribution is 5.30. The van der Waals surface area contributed by atoms with Crippen molar-refractivity contribution in [1.29, 1.82) is 0 Å². The van der Waals surface area contributed by atoms with Crippen molar-refractivity contribution in [1.82, 2.24) is 0 Å². The quantitative estimate of drug-likeness (QED) is 0.461. The molecule has 1 heteroatoms. The zero-order chi connectivity index (χ0) is 13.6. The van der Waals surface area contributed by atoms with Crippen molar-refractivity contribution in [3.05, 3.63) is 59.1 Å². The summed E-state index contributed by atoms with van der Waals surface area (Å²) < 4.78 is 5.61. The van der Waals surface area contributed by atoms with Crippen LogP contribution in [0.3, 0.4) is 0 Å². The SMILES string of the molecule is C=C(/C=C(/C)C(=C)C)O/C(C)=C/C(C)=C(C)C. The molecular formula is C16H24O. The van der Waals surface area contributed by atoms with Gasteiger partial charge in [-0.25, -0.2) is 0 Å². The second-order valence-electron chi connectivity index (χ2n) is 4.61. The minimum absolute atomic E-state index is 0.640. The van der Waals surface area contributed by atoms with E-state index in [-0.39, 0.29) is 0 Å². The van der Waals surface area contributed by atoms with E-state index < -0.39 is 0 Å². The highest BCUT2D eigenvalue weighted by Crippen LogP contribution is 2.14. The predicted molar refractivity (Wildman–Crippen MR) is 76.6 cm³/mol. The van der Waals surface area contributed by atoms with E-state index in [4.69, 9.17) is 4.74 Å². The highest BCUT2D eigenvalue weighted by Gasteiger charge is 1.97. The van der Waals surface area contributed by atoms with Gasteiger partial charge in [-0.05, 0) is 64.8 Å². The lowest BCUT2D eigenvalue weighted by atomic mass is 10.1. The van der Waals surface area contributed by atoms with E-state index in [0.717, 1.165) is 16.9 Å². The van der Waals surface area contributed by atoms with Crippen LogP contribution in [0.15, 0.2) is 59.1 Å². The first-order valence-electron chi connectivity index (χ1n) is 5.77. The van der Waals surface area contributed by atoms with Gasteiger partial charge >= 0.3 is 0 Å². The van der Waals surface area contributed by atoms with Crippen LogP contribution in [0.25, 0.3) is 0 Å². The first-order chi connectivity index (χ1) is 7.73. The molecule has 0 rings (SSSR count). The molecule has 0 amide bonds. The summed E-state index contributed by atoms with van der Waals surface area (Å²) in [5.74, 6) is 1.49. The second-order valence-corrected chi connectivity index (χ2v) is 4.61. The molecule has 0 radical (unpaired) electrons. The Labute approximate surface area is 106 Å². The summed E-state index contributed by atoms with van der Waals surface area (Å²) in [7, 11) is 0. The van der Waals surface area contributed by atoms with E-state index in [0.29, 0.717) is 5.76 Å². The maximum absolute atomic E-state index is 5.61. The second kappa shape index (κ2) is 6.95.